The highest BCUT2D eigenvalue weighted by molar-refractivity contribution is 5.94. The topological polar surface area (TPSA) is 106 Å². The molecule has 2 N–H and O–H groups in total. The van der Waals surface area contributed by atoms with Gasteiger partial charge in [-0.1, -0.05) is 23.4 Å². The Hall–Kier alpha value is -2.74. The smallest absolute Gasteiger partial charge is 0.326 e. The van der Waals surface area contributed by atoms with Crippen LogP contribution in [0.1, 0.15) is 16.9 Å². The first-order valence-corrected chi connectivity index (χ1v) is 6.62. The van der Waals surface area contributed by atoms with E-state index in [0.717, 1.165) is 5.69 Å². The SMILES string of the molecule is COCCC(NC(=O)c1cn(-c2ccccc2)nn1)C(=O)O. The maximum atomic E-state index is 12.0. The number of rotatable bonds is 7. The van der Waals surface area contributed by atoms with Gasteiger partial charge >= 0.3 is 5.97 Å². The van der Waals surface area contributed by atoms with Crippen LogP contribution in [0, 0.1) is 0 Å². The average molecular weight is 304 g/mol. The van der Waals surface area contributed by atoms with E-state index in [1.165, 1.54) is 18.0 Å². The lowest BCUT2D eigenvalue weighted by atomic mass is 10.2. The summed E-state index contributed by atoms with van der Waals surface area (Å²) < 4.78 is 6.27. The summed E-state index contributed by atoms with van der Waals surface area (Å²) >= 11 is 0. The molecule has 8 heteroatoms. The van der Waals surface area contributed by atoms with Crippen LogP contribution in [-0.2, 0) is 9.53 Å². The molecule has 2 aromatic rings. The highest BCUT2D eigenvalue weighted by Gasteiger charge is 2.22. The van der Waals surface area contributed by atoms with Crippen molar-refractivity contribution in [3.63, 3.8) is 0 Å². The number of nitrogens with zero attached hydrogens (tertiary/aromatic N) is 3. The second-order valence-corrected chi connectivity index (χ2v) is 4.53. The standard InChI is InChI=1S/C14H16N4O4/c1-22-8-7-11(14(20)21)15-13(19)12-9-18(17-16-12)10-5-3-2-4-6-10/h2-6,9,11H,7-8H2,1H3,(H,15,19)(H,20,21). The van der Waals surface area contributed by atoms with E-state index >= 15 is 0 Å². The van der Waals surface area contributed by atoms with Crippen LogP contribution in [0.2, 0.25) is 0 Å². The van der Waals surface area contributed by atoms with Crippen molar-refractivity contribution < 1.29 is 19.4 Å². The molecular weight excluding hydrogens is 288 g/mol. The van der Waals surface area contributed by atoms with Crippen LogP contribution < -0.4 is 5.32 Å². The van der Waals surface area contributed by atoms with Gasteiger partial charge in [0.15, 0.2) is 5.69 Å². The molecule has 0 aliphatic carbocycles. The summed E-state index contributed by atoms with van der Waals surface area (Å²) in [7, 11) is 1.46. The number of amides is 1. The molecular formula is C14H16N4O4. The van der Waals surface area contributed by atoms with E-state index in [4.69, 9.17) is 9.84 Å². The number of aromatic nitrogens is 3. The van der Waals surface area contributed by atoms with Crippen LogP contribution in [0.25, 0.3) is 5.69 Å². The summed E-state index contributed by atoms with van der Waals surface area (Å²) in [6.07, 6.45) is 1.62. The lowest BCUT2D eigenvalue weighted by Gasteiger charge is -2.12. The molecule has 0 aliphatic rings. The molecule has 0 saturated carbocycles. The number of hydrogen-bond donors (Lipinski definition) is 2. The quantitative estimate of drug-likeness (QED) is 0.771. The van der Waals surface area contributed by atoms with Gasteiger partial charge in [0.1, 0.15) is 6.04 Å². The van der Waals surface area contributed by atoms with Crippen molar-refractivity contribution in [1.82, 2.24) is 20.3 Å². The van der Waals surface area contributed by atoms with Crippen molar-refractivity contribution in [2.75, 3.05) is 13.7 Å². The number of benzene rings is 1. The Labute approximate surface area is 126 Å². The van der Waals surface area contributed by atoms with Gasteiger partial charge in [-0.05, 0) is 12.1 Å². The second-order valence-electron chi connectivity index (χ2n) is 4.53. The van der Waals surface area contributed by atoms with Crippen LogP contribution in [0.3, 0.4) is 0 Å². The van der Waals surface area contributed by atoms with Crippen LogP contribution in [0.5, 0.6) is 0 Å². The predicted octanol–water partition coefficient (Wildman–Crippen LogP) is 0.487. The molecule has 22 heavy (non-hydrogen) atoms. The van der Waals surface area contributed by atoms with E-state index in [1.54, 1.807) is 0 Å². The molecule has 1 unspecified atom stereocenters. The fourth-order valence-electron chi connectivity index (χ4n) is 1.80. The van der Waals surface area contributed by atoms with E-state index in [0.29, 0.717) is 0 Å². The molecule has 1 aromatic carbocycles. The van der Waals surface area contributed by atoms with Gasteiger partial charge in [0.2, 0.25) is 0 Å². The van der Waals surface area contributed by atoms with E-state index in [-0.39, 0.29) is 18.7 Å². The number of hydrogen-bond acceptors (Lipinski definition) is 5. The third kappa shape index (κ3) is 3.89. The first-order chi connectivity index (χ1) is 10.6. The third-order valence-corrected chi connectivity index (χ3v) is 2.96. The molecule has 0 fully saturated rings. The molecule has 116 valence electrons. The van der Waals surface area contributed by atoms with Crippen LogP contribution in [-0.4, -0.2) is 51.7 Å². The largest absolute Gasteiger partial charge is 0.480 e. The van der Waals surface area contributed by atoms with E-state index in [2.05, 4.69) is 15.6 Å². The summed E-state index contributed by atoms with van der Waals surface area (Å²) in [6.45, 7) is 0.230. The number of carbonyl (C=O) groups excluding carboxylic acids is 1. The normalized spacial score (nSPS) is 11.9. The number of carboxylic acids is 1. The summed E-state index contributed by atoms with van der Waals surface area (Å²) in [5.74, 6) is -1.72. The lowest BCUT2D eigenvalue weighted by molar-refractivity contribution is -0.139. The van der Waals surface area contributed by atoms with Gasteiger partial charge in [-0.15, -0.1) is 5.10 Å². The molecule has 0 aliphatic heterocycles. The maximum Gasteiger partial charge on any atom is 0.326 e. The molecule has 0 saturated heterocycles. The number of aliphatic carboxylic acids is 1. The average Bonchev–Trinajstić information content (AvgIpc) is 3.02. The summed E-state index contributed by atoms with van der Waals surface area (Å²) in [5, 5.41) is 19.1. The molecule has 2 rings (SSSR count). The third-order valence-electron chi connectivity index (χ3n) is 2.96. The number of carbonyl (C=O) groups is 2. The van der Waals surface area contributed by atoms with Crippen molar-refractivity contribution in [2.24, 2.45) is 0 Å². The fraction of sp³-hybridized carbons (Fsp3) is 0.286. The fourth-order valence-corrected chi connectivity index (χ4v) is 1.80. The lowest BCUT2D eigenvalue weighted by Crippen LogP contribution is -2.41. The predicted molar refractivity (Wildman–Crippen MR) is 76.7 cm³/mol. The van der Waals surface area contributed by atoms with Crippen molar-refractivity contribution in [1.29, 1.82) is 0 Å². The zero-order chi connectivity index (χ0) is 15.9. The number of nitrogens with one attached hydrogen (secondary N) is 1. The highest BCUT2D eigenvalue weighted by atomic mass is 16.5. The molecule has 8 nitrogen and oxygen atoms in total. The number of carboxylic acid groups (broad SMARTS) is 1. The first kappa shape index (κ1) is 15.6. The number of ether oxygens (including phenoxy) is 1. The minimum Gasteiger partial charge on any atom is -0.480 e. The minimum atomic E-state index is -1.12. The Morgan fingerprint density at radius 1 is 1.36 bits per heavy atom. The number of methoxy groups -OCH3 is 1. The van der Waals surface area contributed by atoms with Crippen molar-refractivity contribution in [3.05, 3.63) is 42.2 Å². The highest BCUT2D eigenvalue weighted by Crippen LogP contribution is 2.06. The van der Waals surface area contributed by atoms with Crippen molar-refractivity contribution in [2.45, 2.75) is 12.5 Å². The van der Waals surface area contributed by atoms with E-state index in [1.807, 2.05) is 30.3 Å². The van der Waals surface area contributed by atoms with Crippen LogP contribution in [0.4, 0.5) is 0 Å². The molecule has 1 atom stereocenters. The van der Waals surface area contributed by atoms with Crippen LogP contribution >= 0.6 is 0 Å². The first-order valence-electron chi connectivity index (χ1n) is 6.62. The van der Waals surface area contributed by atoms with Gasteiger partial charge in [-0.25, -0.2) is 9.48 Å². The van der Waals surface area contributed by atoms with Crippen molar-refractivity contribution in [3.8, 4) is 5.69 Å². The van der Waals surface area contributed by atoms with Gasteiger partial charge in [-0.2, -0.15) is 0 Å². The molecule has 1 heterocycles. The zero-order valence-electron chi connectivity index (χ0n) is 12.0. The zero-order valence-corrected chi connectivity index (χ0v) is 12.0. The second kappa shape index (κ2) is 7.32. The molecule has 0 spiro atoms. The molecule has 0 radical (unpaired) electrons. The minimum absolute atomic E-state index is 0.0486. The monoisotopic (exact) mass is 304 g/mol. The Balaban J connectivity index is 2.06. The van der Waals surface area contributed by atoms with Gasteiger partial charge in [-0.3, -0.25) is 4.79 Å². The summed E-state index contributed by atoms with van der Waals surface area (Å²) in [6, 6.07) is 8.13. The van der Waals surface area contributed by atoms with E-state index < -0.39 is 17.9 Å². The Kier molecular flexibility index (Phi) is 5.21. The van der Waals surface area contributed by atoms with E-state index in [9.17, 15) is 9.59 Å². The van der Waals surface area contributed by atoms with Gasteiger partial charge in [0.05, 0.1) is 11.9 Å². The molecule has 1 amide bonds. The summed E-state index contributed by atoms with van der Waals surface area (Å²) in [4.78, 5) is 23.1. The Morgan fingerprint density at radius 2 is 2.09 bits per heavy atom. The molecule has 1 aromatic heterocycles. The Morgan fingerprint density at radius 3 is 2.73 bits per heavy atom. The number of para-hydroxylation sites is 1. The maximum absolute atomic E-state index is 12.0. The Bertz CT molecular complexity index is 641. The van der Waals surface area contributed by atoms with Crippen LogP contribution in [0.15, 0.2) is 36.5 Å². The van der Waals surface area contributed by atoms with Gasteiger partial charge in [0, 0.05) is 20.1 Å². The summed E-state index contributed by atoms with van der Waals surface area (Å²) in [5.41, 5.74) is 0.802. The van der Waals surface area contributed by atoms with Crippen molar-refractivity contribution >= 4 is 11.9 Å². The van der Waals surface area contributed by atoms with Gasteiger partial charge < -0.3 is 15.2 Å². The molecule has 0 bridgehead atoms. The van der Waals surface area contributed by atoms with Gasteiger partial charge in [0.25, 0.3) is 5.91 Å².